The van der Waals surface area contributed by atoms with Crippen LogP contribution in [0.5, 0.6) is 17.2 Å². The third-order valence-corrected chi connectivity index (χ3v) is 1.34. The molecule has 0 aliphatic heterocycles. The van der Waals surface area contributed by atoms with Crippen molar-refractivity contribution in [3.8, 4) is 17.2 Å². The Balaban J connectivity index is 2.89. The van der Waals surface area contributed by atoms with E-state index in [0.29, 0.717) is 0 Å². The largest absolute Gasteiger partial charge is 0.513 e. The molecule has 0 amide bonds. The molecule has 0 saturated heterocycles. The van der Waals surface area contributed by atoms with E-state index in [1.807, 2.05) is 0 Å². The summed E-state index contributed by atoms with van der Waals surface area (Å²) in [6, 6.07) is 4.01. The Kier molecular flexibility index (Phi) is 2.59. The molecule has 0 heterocycles. The summed E-state index contributed by atoms with van der Waals surface area (Å²) in [7, 11) is 1.14. The van der Waals surface area contributed by atoms with Gasteiger partial charge >= 0.3 is 6.16 Å². The van der Waals surface area contributed by atoms with Gasteiger partial charge in [-0.3, -0.25) is 0 Å². The number of methoxy groups -OCH3 is 1. The van der Waals surface area contributed by atoms with Gasteiger partial charge < -0.3 is 19.7 Å². The maximum atomic E-state index is 10.6. The molecule has 0 aliphatic rings. The number of ether oxygens (including phenoxy) is 2. The number of phenolic OH excluding ortho intramolecular Hbond substituents is 2. The van der Waals surface area contributed by atoms with Gasteiger partial charge in [0.05, 0.1) is 7.11 Å². The van der Waals surface area contributed by atoms with E-state index in [1.54, 1.807) is 0 Å². The number of benzene rings is 1. The number of phenols is 2. The molecule has 70 valence electrons. The Morgan fingerprint density at radius 3 is 2.69 bits per heavy atom. The lowest BCUT2D eigenvalue weighted by Crippen LogP contribution is -2.07. The molecule has 0 saturated carbocycles. The molecular weight excluding hydrogens is 176 g/mol. The van der Waals surface area contributed by atoms with Gasteiger partial charge in [0, 0.05) is 0 Å². The Morgan fingerprint density at radius 1 is 1.38 bits per heavy atom. The molecule has 0 aromatic heterocycles. The van der Waals surface area contributed by atoms with E-state index in [1.165, 1.54) is 18.2 Å². The molecule has 0 unspecified atom stereocenters. The second kappa shape index (κ2) is 3.66. The Morgan fingerprint density at radius 2 is 2.08 bits per heavy atom. The maximum Gasteiger partial charge on any atom is 0.513 e. The Bertz CT molecular complexity index is 320. The molecule has 5 heteroatoms. The van der Waals surface area contributed by atoms with Crippen LogP contribution in [0.1, 0.15) is 0 Å². The van der Waals surface area contributed by atoms with Crippen molar-refractivity contribution in [2.45, 2.75) is 0 Å². The van der Waals surface area contributed by atoms with Crippen molar-refractivity contribution in [1.82, 2.24) is 0 Å². The fraction of sp³-hybridized carbons (Fsp3) is 0.125. The number of carbonyl (C=O) groups is 1. The van der Waals surface area contributed by atoms with Gasteiger partial charge in [-0.2, -0.15) is 0 Å². The lowest BCUT2D eigenvalue weighted by Gasteiger charge is -2.04. The molecule has 0 aliphatic carbocycles. The highest BCUT2D eigenvalue weighted by molar-refractivity contribution is 5.66. The zero-order chi connectivity index (χ0) is 9.84. The normalized spacial score (nSPS) is 9.31. The van der Waals surface area contributed by atoms with Crippen LogP contribution in [-0.2, 0) is 4.74 Å². The number of aromatic hydroxyl groups is 2. The summed E-state index contributed by atoms with van der Waals surface area (Å²) < 4.78 is 8.70. The van der Waals surface area contributed by atoms with E-state index < -0.39 is 11.9 Å². The van der Waals surface area contributed by atoms with Crippen molar-refractivity contribution >= 4 is 6.16 Å². The second-order valence-electron chi connectivity index (χ2n) is 2.18. The number of para-hydroxylation sites is 1. The molecule has 0 spiro atoms. The summed E-state index contributed by atoms with van der Waals surface area (Å²) in [6.45, 7) is 0. The van der Waals surface area contributed by atoms with Gasteiger partial charge in [-0.15, -0.1) is 0 Å². The first kappa shape index (κ1) is 9.18. The zero-order valence-electron chi connectivity index (χ0n) is 6.85. The van der Waals surface area contributed by atoms with Crippen molar-refractivity contribution in [3.05, 3.63) is 18.2 Å². The summed E-state index contributed by atoms with van der Waals surface area (Å²) in [5.41, 5.74) is 0. The first-order valence-corrected chi connectivity index (χ1v) is 3.42. The predicted octanol–water partition coefficient (Wildman–Crippen LogP) is 1.24. The smallest absolute Gasteiger partial charge is 0.504 e. The van der Waals surface area contributed by atoms with Crippen molar-refractivity contribution in [2.75, 3.05) is 7.11 Å². The minimum absolute atomic E-state index is 0.146. The molecule has 0 bridgehead atoms. The van der Waals surface area contributed by atoms with E-state index >= 15 is 0 Å². The number of rotatable bonds is 1. The van der Waals surface area contributed by atoms with Gasteiger partial charge in [-0.05, 0) is 12.1 Å². The van der Waals surface area contributed by atoms with E-state index in [9.17, 15) is 4.79 Å². The summed E-state index contributed by atoms with van der Waals surface area (Å²) in [5, 5.41) is 18.2. The molecule has 1 aromatic rings. The molecule has 0 fully saturated rings. The number of carbonyl (C=O) groups excluding carboxylic acids is 1. The average molecular weight is 184 g/mol. The van der Waals surface area contributed by atoms with E-state index in [-0.39, 0.29) is 11.5 Å². The summed E-state index contributed by atoms with van der Waals surface area (Å²) in [6.07, 6.45) is -0.957. The van der Waals surface area contributed by atoms with Gasteiger partial charge in [0.15, 0.2) is 11.5 Å². The van der Waals surface area contributed by atoms with Gasteiger partial charge in [0.25, 0.3) is 0 Å². The molecule has 0 radical (unpaired) electrons. The lowest BCUT2D eigenvalue weighted by molar-refractivity contribution is 0.120. The SMILES string of the molecule is COC(=O)Oc1cccc(O)c1O. The van der Waals surface area contributed by atoms with Crippen LogP contribution in [-0.4, -0.2) is 23.5 Å². The predicted molar refractivity (Wildman–Crippen MR) is 42.8 cm³/mol. The highest BCUT2D eigenvalue weighted by atomic mass is 16.7. The monoisotopic (exact) mass is 184 g/mol. The fourth-order valence-corrected chi connectivity index (χ4v) is 0.725. The molecule has 5 nitrogen and oxygen atoms in total. The first-order chi connectivity index (χ1) is 6.15. The van der Waals surface area contributed by atoms with E-state index in [2.05, 4.69) is 9.47 Å². The average Bonchev–Trinajstić information content (AvgIpc) is 2.13. The third-order valence-electron chi connectivity index (χ3n) is 1.34. The molecule has 1 rings (SSSR count). The lowest BCUT2D eigenvalue weighted by atomic mass is 10.3. The van der Waals surface area contributed by atoms with Crippen LogP contribution >= 0.6 is 0 Å². The van der Waals surface area contributed by atoms with E-state index in [4.69, 9.17) is 10.2 Å². The van der Waals surface area contributed by atoms with Gasteiger partial charge in [0.1, 0.15) is 0 Å². The molecule has 0 atom stereocenters. The van der Waals surface area contributed by atoms with Crippen molar-refractivity contribution < 1.29 is 24.5 Å². The Labute approximate surface area is 74.1 Å². The van der Waals surface area contributed by atoms with Crippen LogP contribution in [0.3, 0.4) is 0 Å². The number of hydrogen-bond acceptors (Lipinski definition) is 5. The zero-order valence-corrected chi connectivity index (χ0v) is 6.85. The molecular formula is C8H8O5. The highest BCUT2D eigenvalue weighted by Gasteiger charge is 2.10. The van der Waals surface area contributed by atoms with Gasteiger partial charge in [-0.1, -0.05) is 6.07 Å². The van der Waals surface area contributed by atoms with Crippen molar-refractivity contribution in [3.63, 3.8) is 0 Å². The first-order valence-electron chi connectivity index (χ1n) is 3.42. The van der Waals surface area contributed by atoms with Crippen LogP contribution in [0, 0.1) is 0 Å². The van der Waals surface area contributed by atoms with Crippen LogP contribution in [0.4, 0.5) is 4.79 Å². The topological polar surface area (TPSA) is 76.0 Å². The number of hydrogen-bond donors (Lipinski definition) is 2. The third kappa shape index (κ3) is 2.02. The summed E-state index contributed by atoms with van der Waals surface area (Å²) in [5.74, 6) is -0.999. The minimum Gasteiger partial charge on any atom is -0.504 e. The van der Waals surface area contributed by atoms with Crippen molar-refractivity contribution in [2.24, 2.45) is 0 Å². The summed E-state index contributed by atoms with van der Waals surface area (Å²) >= 11 is 0. The van der Waals surface area contributed by atoms with Crippen LogP contribution in [0.15, 0.2) is 18.2 Å². The van der Waals surface area contributed by atoms with Gasteiger partial charge in [0.2, 0.25) is 5.75 Å². The molecule has 1 aromatic carbocycles. The second-order valence-corrected chi connectivity index (χ2v) is 2.18. The standard InChI is InChI=1S/C8H8O5/c1-12-8(11)13-6-4-2-3-5(9)7(6)10/h2-4,9-10H,1H3. The van der Waals surface area contributed by atoms with Gasteiger partial charge in [-0.25, -0.2) is 4.79 Å². The highest BCUT2D eigenvalue weighted by Crippen LogP contribution is 2.34. The minimum atomic E-state index is -0.957. The fourth-order valence-electron chi connectivity index (χ4n) is 0.725. The van der Waals surface area contributed by atoms with Crippen molar-refractivity contribution in [1.29, 1.82) is 0 Å². The van der Waals surface area contributed by atoms with Crippen LogP contribution < -0.4 is 4.74 Å². The maximum absolute atomic E-state index is 10.6. The van der Waals surface area contributed by atoms with Crippen LogP contribution in [0.2, 0.25) is 0 Å². The quantitative estimate of drug-likeness (QED) is 0.390. The Hall–Kier alpha value is -1.91. The molecule has 13 heavy (non-hydrogen) atoms. The molecule has 2 N–H and O–H groups in total. The van der Waals surface area contributed by atoms with E-state index in [0.717, 1.165) is 7.11 Å². The summed E-state index contributed by atoms with van der Waals surface area (Å²) in [4.78, 5) is 10.6. The van der Waals surface area contributed by atoms with Crippen LogP contribution in [0.25, 0.3) is 0 Å².